The van der Waals surface area contributed by atoms with Crippen molar-refractivity contribution in [2.24, 2.45) is 0 Å². The summed E-state index contributed by atoms with van der Waals surface area (Å²) in [5.74, 6) is 0. The lowest BCUT2D eigenvalue weighted by Crippen LogP contribution is -1.87. The van der Waals surface area contributed by atoms with E-state index in [1.807, 2.05) is 69.2 Å². The van der Waals surface area contributed by atoms with E-state index >= 15 is 0 Å². The van der Waals surface area contributed by atoms with E-state index in [9.17, 15) is 0 Å². The standard InChI is InChI=1S/C26H16.C10H8.5C2H6.CH4/c1-5-13-21-17(9-1)18-10-2-6-14-22(18)26-24-16-8-4-12-20(24)19-11-3-7-15-23(19)25(21)26;1-2-6-10-8-4-3-7-9(10)5-1;5*1-2;/h1-16H;1-8H;5*1-2H3;1H4. The van der Waals surface area contributed by atoms with Crippen LogP contribution in [0.4, 0.5) is 0 Å². The molecule has 0 heterocycles. The molecule has 0 spiro atoms. The summed E-state index contributed by atoms with van der Waals surface area (Å²) in [6, 6.07) is 52.0. The zero-order chi connectivity index (χ0) is 33.9. The third-order valence-electron chi connectivity index (χ3n) is 7.27. The van der Waals surface area contributed by atoms with Crippen LogP contribution in [0, 0.1) is 0 Å². The Balaban J connectivity index is 0.000000443. The zero-order valence-corrected chi connectivity index (χ0v) is 29.9. The first-order valence-electron chi connectivity index (χ1n) is 17.5. The Morgan fingerprint density at radius 2 is 0.362 bits per heavy atom. The van der Waals surface area contributed by atoms with Crippen LogP contribution in [0.15, 0.2) is 146 Å². The number of fused-ring (bicyclic) bond motifs is 12. The molecule has 0 aliphatic heterocycles. The zero-order valence-electron chi connectivity index (χ0n) is 29.9. The number of benzene rings is 8. The molecular weight excluding hydrogens is 565 g/mol. The highest BCUT2D eigenvalue weighted by Crippen LogP contribution is 2.43. The van der Waals surface area contributed by atoms with E-state index in [0.29, 0.717) is 0 Å². The fourth-order valence-electron chi connectivity index (χ4n) is 5.71. The summed E-state index contributed by atoms with van der Waals surface area (Å²) < 4.78 is 0. The maximum absolute atomic E-state index is 2.27. The first-order chi connectivity index (χ1) is 22.9. The fourth-order valence-corrected chi connectivity index (χ4v) is 5.71. The average Bonchev–Trinajstić information content (AvgIpc) is 3.19. The first-order valence-corrected chi connectivity index (χ1v) is 17.5. The van der Waals surface area contributed by atoms with Crippen molar-refractivity contribution in [1.82, 2.24) is 0 Å². The molecule has 0 saturated heterocycles. The maximum Gasteiger partial charge on any atom is -0.00139 e. The van der Waals surface area contributed by atoms with Crippen LogP contribution in [0.25, 0.3) is 64.6 Å². The second kappa shape index (κ2) is 22.0. The van der Waals surface area contributed by atoms with Crippen molar-refractivity contribution in [3.8, 4) is 0 Å². The van der Waals surface area contributed by atoms with Crippen LogP contribution in [0.1, 0.15) is 76.7 Å². The molecule has 0 amide bonds. The van der Waals surface area contributed by atoms with Gasteiger partial charge in [0.1, 0.15) is 0 Å². The van der Waals surface area contributed by atoms with Gasteiger partial charge in [0, 0.05) is 0 Å². The van der Waals surface area contributed by atoms with Crippen molar-refractivity contribution in [3.63, 3.8) is 0 Å². The van der Waals surface area contributed by atoms with Crippen LogP contribution >= 0.6 is 0 Å². The second-order valence-electron chi connectivity index (χ2n) is 9.28. The molecule has 246 valence electrons. The largest absolute Gasteiger partial charge is 0.0776 e. The summed E-state index contributed by atoms with van der Waals surface area (Å²) in [6.45, 7) is 20.0. The number of hydrogen-bond donors (Lipinski definition) is 0. The summed E-state index contributed by atoms with van der Waals surface area (Å²) in [7, 11) is 0. The molecule has 0 radical (unpaired) electrons. The molecule has 0 bridgehead atoms. The summed E-state index contributed by atoms with van der Waals surface area (Å²) in [6.07, 6.45) is 0. The van der Waals surface area contributed by atoms with Gasteiger partial charge in [-0.1, -0.05) is 222 Å². The molecule has 0 saturated carbocycles. The molecule has 8 aromatic rings. The Morgan fingerprint density at radius 3 is 0.553 bits per heavy atom. The summed E-state index contributed by atoms with van der Waals surface area (Å²) >= 11 is 0. The molecule has 0 aromatic heterocycles. The van der Waals surface area contributed by atoms with Crippen molar-refractivity contribution in [1.29, 1.82) is 0 Å². The predicted octanol–water partition coefficient (Wildman–Crippen LogP) is 16.1. The lowest BCUT2D eigenvalue weighted by Gasteiger charge is -2.16. The van der Waals surface area contributed by atoms with Crippen LogP contribution in [0.3, 0.4) is 0 Å². The Morgan fingerprint density at radius 1 is 0.213 bits per heavy atom. The average molecular weight is 623 g/mol. The molecule has 8 aromatic carbocycles. The van der Waals surface area contributed by atoms with Crippen LogP contribution < -0.4 is 0 Å². The topological polar surface area (TPSA) is 0 Å². The van der Waals surface area contributed by atoms with E-state index in [4.69, 9.17) is 0 Å². The molecule has 47 heavy (non-hydrogen) atoms. The normalized spacial score (nSPS) is 9.32. The van der Waals surface area contributed by atoms with Crippen LogP contribution in [-0.2, 0) is 0 Å². The van der Waals surface area contributed by atoms with Gasteiger partial charge in [0.25, 0.3) is 0 Å². The van der Waals surface area contributed by atoms with Gasteiger partial charge in [-0.15, -0.1) is 0 Å². The third-order valence-corrected chi connectivity index (χ3v) is 7.27. The smallest absolute Gasteiger partial charge is 0.00139 e. The maximum atomic E-state index is 2.27. The third kappa shape index (κ3) is 8.78. The van der Waals surface area contributed by atoms with E-state index in [1.165, 1.54) is 64.6 Å². The van der Waals surface area contributed by atoms with E-state index < -0.39 is 0 Å². The first kappa shape index (κ1) is 40.3. The molecule has 0 nitrogen and oxygen atoms in total. The molecule has 0 aliphatic carbocycles. The quantitative estimate of drug-likeness (QED) is 0.148. The van der Waals surface area contributed by atoms with Gasteiger partial charge in [-0.25, -0.2) is 0 Å². The van der Waals surface area contributed by atoms with Gasteiger partial charge in [0.05, 0.1) is 0 Å². The lowest BCUT2D eigenvalue weighted by molar-refractivity contribution is 1.50. The minimum atomic E-state index is 0. The van der Waals surface area contributed by atoms with Gasteiger partial charge in [-0.05, 0) is 64.6 Å². The monoisotopic (exact) mass is 622 g/mol. The SMILES string of the molecule is C.CC.CC.CC.CC.CC.c1ccc2c(c1)c1ccccc1c1c3ccccc3c3ccccc3c21.c1ccc2ccccc2c1. The Labute approximate surface area is 286 Å². The van der Waals surface area contributed by atoms with E-state index in [-0.39, 0.29) is 7.43 Å². The highest BCUT2D eigenvalue weighted by Gasteiger charge is 2.14. The molecule has 0 fully saturated rings. The molecular formula is C47H58. The van der Waals surface area contributed by atoms with Gasteiger partial charge in [-0.2, -0.15) is 0 Å². The van der Waals surface area contributed by atoms with Crippen molar-refractivity contribution < 1.29 is 0 Å². The molecule has 0 unspecified atom stereocenters. The van der Waals surface area contributed by atoms with Crippen molar-refractivity contribution in [2.45, 2.75) is 76.7 Å². The van der Waals surface area contributed by atoms with Gasteiger partial charge >= 0.3 is 0 Å². The van der Waals surface area contributed by atoms with Gasteiger partial charge in [0.15, 0.2) is 0 Å². The van der Waals surface area contributed by atoms with Gasteiger partial charge < -0.3 is 0 Å². The Kier molecular flexibility index (Phi) is 18.8. The van der Waals surface area contributed by atoms with E-state index in [1.54, 1.807) is 0 Å². The predicted molar refractivity (Wildman–Crippen MR) is 221 cm³/mol. The lowest BCUT2D eigenvalue weighted by atomic mass is 9.87. The van der Waals surface area contributed by atoms with Gasteiger partial charge in [0.2, 0.25) is 0 Å². The van der Waals surface area contributed by atoms with Crippen molar-refractivity contribution in [3.05, 3.63) is 146 Å². The van der Waals surface area contributed by atoms with Crippen molar-refractivity contribution >= 4 is 64.6 Å². The summed E-state index contributed by atoms with van der Waals surface area (Å²) in [5, 5.41) is 16.0. The number of hydrogen-bond acceptors (Lipinski definition) is 0. The van der Waals surface area contributed by atoms with E-state index in [0.717, 1.165) is 0 Å². The Bertz CT molecular complexity index is 1760. The van der Waals surface area contributed by atoms with Crippen molar-refractivity contribution in [2.75, 3.05) is 0 Å². The highest BCUT2D eigenvalue weighted by atomic mass is 14.2. The van der Waals surface area contributed by atoms with Crippen LogP contribution in [-0.4, -0.2) is 0 Å². The second-order valence-corrected chi connectivity index (χ2v) is 9.28. The minimum absolute atomic E-state index is 0. The molecule has 0 aliphatic rings. The van der Waals surface area contributed by atoms with Gasteiger partial charge in [-0.3, -0.25) is 0 Å². The fraction of sp³-hybridized carbons (Fsp3) is 0.234. The van der Waals surface area contributed by atoms with Crippen LogP contribution in [0.2, 0.25) is 0 Å². The highest BCUT2D eigenvalue weighted by molar-refractivity contribution is 6.39. The van der Waals surface area contributed by atoms with E-state index in [2.05, 4.69) is 146 Å². The molecule has 0 N–H and O–H groups in total. The Hall–Kier alpha value is -4.68. The summed E-state index contributed by atoms with van der Waals surface area (Å²) in [5.41, 5.74) is 0. The minimum Gasteiger partial charge on any atom is -0.0776 e. The molecule has 0 heteroatoms. The number of rotatable bonds is 0. The molecule has 8 rings (SSSR count). The van der Waals surface area contributed by atoms with Crippen LogP contribution in [0.5, 0.6) is 0 Å². The molecule has 0 atom stereocenters. The summed E-state index contributed by atoms with van der Waals surface area (Å²) in [4.78, 5) is 0.